The van der Waals surface area contributed by atoms with Gasteiger partial charge in [0.25, 0.3) is 0 Å². The van der Waals surface area contributed by atoms with E-state index in [0.717, 1.165) is 14.8 Å². The number of hydrogen-bond acceptors (Lipinski definition) is 2. The van der Waals surface area contributed by atoms with Crippen molar-refractivity contribution in [2.45, 2.75) is 47.0 Å². The Morgan fingerprint density at radius 2 is 1.52 bits per heavy atom. The van der Waals surface area contributed by atoms with Gasteiger partial charge in [-0.15, -0.1) is 0 Å². The molecule has 0 aliphatic heterocycles. The van der Waals surface area contributed by atoms with Crippen molar-refractivity contribution >= 4 is 34.2 Å². The quantitative estimate of drug-likeness (QED) is 0.447. The van der Waals surface area contributed by atoms with Gasteiger partial charge in [-0.25, -0.2) is 9.97 Å². The van der Waals surface area contributed by atoms with E-state index in [2.05, 4.69) is 81.3 Å². The van der Waals surface area contributed by atoms with Gasteiger partial charge in [0, 0.05) is 11.0 Å². The minimum Gasteiger partial charge on any atom is -0.231 e. The Balaban J connectivity index is 2.71. The van der Waals surface area contributed by atoms with Crippen molar-refractivity contribution in [3.05, 3.63) is 43.2 Å². The molecule has 0 radical (unpaired) electrons. The number of halogens is 2. The average Bonchev–Trinajstić information content (AvgIpc) is 2.35. The fraction of sp³-hybridized carbons (Fsp3) is 0.412. The number of aryl methyl sites for hydroxylation is 3. The van der Waals surface area contributed by atoms with Gasteiger partial charge in [0.2, 0.25) is 0 Å². The standard InChI is InChI=1S/C17H20ClIN2/c1-9-7-11(3)12(8-10(9)2)16-20-14(17(4,5)6)13(19)15(18)21-16/h7-8H,1-6H3. The molecule has 0 N–H and O–H groups in total. The van der Waals surface area contributed by atoms with E-state index in [9.17, 15) is 0 Å². The molecular weight excluding hydrogens is 395 g/mol. The second kappa shape index (κ2) is 5.84. The predicted octanol–water partition coefficient (Wildman–Crippen LogP) is 5.62. The summed E-state index contributed by atoms with van der Waals surface area (Å²) in [7, 11) is 0. The molecule has 0 unspecified atom stereocenters. The lowest BCUT2D eigenvalue weighted by molar-refractivity contribution is 0.563. The molecule has 0 amide bonds. The summed E-state index contributed by atoms with van der Waals surface area (Å²) in [6.07, 6.45) is 0. The van der Waals surface area contributed by atoms with Gasteiger partial charge < -0.3 is 0 Å². The van der Waals surface area contributed by atoms with Crippen molar-refractivity contribution < 1.29 is 0 Å². The molecular formula is C17H20ClIN2. The van der Waals surface area contributed by atoms with Crippen LogP contribution in [0.15, 0.2) is 12.1 Å². The molecule has 0 atom stereocenters. The smallest absolute Gasteiger partial charge is 0.161 e. The van der Waals surface area contributed by atoms with Gasteiger partial charge in [-0.3, -0.25) is 0 Å². The topological polar surface area (TPSA) is 25.8 Å². The number of nitrogens with zero attached hydrogens (tertiary/aromatic N) is 2. The molecule has 2 rings (SSSR count). The summed E-state index contributed by atoms with van der Waals surface area (Å²) < 4.78 is 0.937. The molecule has 0 bridgehead atoms. The van der Waals surface area contributed by atoms with E-state index in [1.165, 1.54) is 16.7 Å². The zero-order valence-corrected chi connectivity index (χ0v) is 16.2. The molecule has 1 aromatic carbocycles. The van der Waals surface area contributed by atoms with Crippen LogP contribution in [0.1, 0.15) is 43.2 Å². The summed E-state index contributed by atoms with van der Waals surface area (Å²) in [5.41, 5.74) is 5.69. The lowest BCUT2D eigenvalue weighted by Crippen LogP contribution is -2.17. The Kier molecular flexibility index (Phi) is 4.64. The second-order valence-corrected chi connectivity index (χ2v) is 7.94. The first-order valence-electron chi connectivity index (χ1n) is 6.93. The lowest BCUT2D eigenvalue weighted by atomic mass is 9.91. The molecule has 112 valence electrons. The minimum atomic E-state index is -0.0640. The lowest BCUT2D eigenvalue weighted by Gasteiger charge is -2.21. The van der Waals surface area contributed by atoms with Gasteiger partial charge >= 0.3 is 0 Å². The van der Waals surface area contributed by atoms with E-state index in [-0.39, 0.29) is 5.41 Å². The molecule has 1 heterocycles. The molecule has 2 aromatic rings. The molecule has 0 spiro atoms. The van der Waals surface area contributed by atoms with E-state index in [0.29, 0.717) is 11.0 Å². The van der Waals surface area contributed by atoms with Gasteiger partial charge in [-0.1, -0.05) is 38.4 Å². The molecule has 0 saturated carbocycles. The van der Waals surface area contributed by atoms with Crippen LogP contribution >= 0.6 is 34.2 Å². The van der Waals surface area contributed by atoms with Crippen molar-refractivity contribution in [1.82, 2.24) is 9.97 Å². The number of aromatic nitrogens is 2. The largest absolute Gasteiger partial charge is 0.231 e. The molecule has 4 heteroatoms. The molecule has 0 saturated heterocycles. The molecule has 1 aromatic heterocycles. The SMILES string of the molecule is Cc1cc(C)c(-c2nc(Cl)c(I)c(C(C)(C)C)n2)cc1C. The molecule has 21 heavy (non-hydrogen) atoms. The summed E-state index contributed by atoms with van der Waals surface area (Å²) >= 11 is 8.57. The van der Waals surface area contributed by atoms with Crippen LogP contribution < -0.4 is 0 Å². The summed E-state index contributed by atoms with van der Waals surface area (Å²) in [5, 5.41) is 0.531. The van der Waals surface area contributed by atoms with Crippen LogP contribution in [0.3, 0.4) is 0 Å². The predicted molar refractivity (Wildman–Crippen MR) is 98.1 cm³/mol. The molecule has 0 aliphatic rings. The van der Waals surface area contributed by atoms with Gasteiger partial charge in [-0.05, 0) is 66.1 Å². The molecule has 2 nitrogen and oxygen atoms in total. The van der Waals surface area contributed by atoms with Crippen molar-refractivity contribution in [2.75, 3.05) is 0 Å². The van der Waals surface area contributed by atoms with E-state index in [4.69, 9.17) is 16.6 Å². The Morgan fingerprint density at radius 1 is 0.952 bits per heavy atom. The van der Waals surface area contributed by atoms with Crippen LogP contribution in [0.4, 0.5) is 0 Å². The van der Waals surface area contributed by atoms with Crippen LogP contribution in [-0.4, -0.2) is 9.97 Å². The maximum Gasteiger partial charge on any atom is 0.161 e. The summed E-state index contributed by atoms with van der Waals surface area (Å²) in [6.45, 7) is 12.8. The van der Waals surface area contributed by atoms with Crippen molar-refractivity contribution in [3.63, 3.8) is 0 Å². The van der Waals surface area contributed by atoms with Crippen LogP contribution in [0.25, 0.3) is 11.4 Å². The Morgan fingerprint density at radius 3 is 2.10 bits per heavy atom. The number of benzene rings is 1. The summed E-state index contributed by atoms with van der Waals surface area (Å²) in [4.78, 5) is 9.30. The van der Waals surface area contributed by atoms with Gasteiger partial charge in [-0.2, -0.15) is 0 Å². The van der Waals surface area contributed by atoms with E-state index < -0.39 is 0 Å². The zero-order valence-electron chi connectivity index (χ0n) is 13.3. The van der Waals surface area contributed by atoms with Crippen molar-refractivity contribution in [1.29, 1.82) is 0 Å². The highest BCUT2D eigenvalue weighted by Gasteiger charge is 2.23. The van der Waals surface area contributed by atoms with Crippen LogP contribution in [0.5, 0.6) is 0 Å². The Bertz CT molecular complexity index is 703. The average molecular weight is 415 g/mol. The normalized spacial score (nSPS) is 11.8. The highest BCUT2D eigenvalue weighted by Crippen LogP contribution is 2.32. The van der Waals surface area contributed by atoms with E-state index in [1.807, 2.05) is 0 Å². The van der Waals surface area contributed by atoms with Gasteiger partial charge in [0.15, 0.2) is 5.82 Å². The Hall–Kier alpha value is -0.680. The summed E-state index contributed by atoms with van der Waals surface area (Å²) in [6, 6.07) is 4.33. The van der Waals surface area contributed by atoms with Crippen LogP contribution in [-0.2, 0) is 5.41 Å². The van der Waals surface area contributed by atoms with E-state index >= 15 is 0 Å². The number of hydrogen-bond donors (Lipinski definition) is 0. The third kappa shape index (κ3) is 3.39. The minimum absolute atomic E-state index is 0.0640. The third-order valence-corrected chi connectivity index (χ3v) is 5.22. The number of rotatable bonds is 1. The first kappa shape index (κ1) is 16.7. The summed E-state index contributed by atoms with van der Waals surface area (Å²) in [5.74, 6) is 0.714. The van der Waals surface area contributed by atoms with Gasteiger partial charge in [0.05, 0.1) is 9.26 Å². The maximum absolute atomic E-state index is 6.34. The van der Waals surface area contributed by atoms with Crippen LogP contribution in [0.2, 0.25) is 5.15 Å². The fourth-order valence-corrected chi connectivity index (χ4v) is 3.46. The molecule has 0 aliphatic carbocycles. The second-order valence-electron chi connectivity index (χ2n) is 6.50. The Labute approximate surface area is 145 Å². The van der Waals surface area contributed by atoms with Crippen molar-refractivity contribution in [3.8, 4) is 11.4 Å². The highest BCUT2D eigenvalue weighted by molar-refractivity contribution is 14.1. The molecule has 0 fully saturated rings. The fourth-order valence-electron chi connectivity index (χ4n) is 2.24. The monoisotopic (exact) mass is 414 g/mol. The highest BCUT2D eigenvalue weighted by atomic mass is 127. The van der Waals surface area contributed by atoms with Gasteiger partial charge in [0.1, 0.15) is 5.15 Å². The zero-order chi connectivity index (χ0) is 15.9. The van der Waals surface area contributed by atoms with Crippen molar-refractivity contribution in [2.24, 2.45) is 0 Å². The maximum atomic E-state index is 6.34. The third-order valence-electron chi connectivity index (χ3n) is 3.60. The first-order valence-corrected chi connectivity index (χ1v) is 8.38. The van der Waals surface area contributed by atoms with E-state index in [1.54, 1.807) is 0 Å². The first-order chi connectivity index (χ1) is 9.61. The van der Waals surface area contributed by atoms with Crippen LogP contribution in [0, 0.1) is 24.3 Å².